The molecular formula is C11H13BrN2O3. The van der Waals surface area contributed by atoms with Gasteiger partial charge in [-0.25, -0.2) is 0 Å². The third-order valence-electron chi connectivity index (χ3n) is 2.06. The highest BCUT2D eigenvalue weighted by Gasteiger charge is 2.16. The predicted molar refractivity (Wildman–Crippen MR) is 66.0 cm³/mol. The lowest BCUT2D eigenvalue weighted by atomic mass is 10.2. The van der Waals surface area contributed by atoms with Crippen LogP contribution in [0.1, 0.15) is 16.1 Å². The highest BCUT2D eigenvalue weighted by molar-refractivity contribution is 9.10. The van der Waals surface area contributed by atoms with Gasteiger partial charge in [-0.05, 0) is 19.1 Å². The zero-order valence-electron chi connectivity index (χ0n) is 9.57. The SMILES string of the molecule is COC(=O)C(Br)CNC(=O)c1ccnc(C)c1. The lowest BCUT2D eigenvalue weighted by Crippen LogP contribution is -2.33. The molecular weight excluding hydrogens is 288 g/mol. The van der Waals surface area contributed by atoms with Crippen molar-refractivity contribution in [1.29, 1.82) is 0 Å². The molecule has 92 valence electrons. The monoisotopic (exact) mass is 300 g/mol. The topological polar surface area (TPSA) is 68.3 Å². The van der Waals surface area contributed by atoms with Crippen LogP contribution in [0.2, 0.25) is 0 Å². The van der Waals surface area contributed by atoms with Gasteiger partial charge in [0.25, 0.3) is 5.91 Å². The number of hydrogen-bond acceptors (Lipinski definition) is 4. The van der Waals surface area contributed by atoms with E-state index < -0.39 is 10.8 Å². The molecule has 1 amide bonds. The summed E-state index contributed by atoms with van der Waals surface area (Å²) < 4.78 is 4.52. The molecule has 1 heterocycles. The molecule has 0 radical (unpaired) electrons. The molecule has 0 saturated heterocycles. The van der Waals surface area contributed by atoms with Crippen molar-refractivity contribution in [2.75, 3.05) is 13.7 Å². The van der Waals surface area contributed by atoms with E-state index in [2.05, 4.69) is 31.0 Å². The molecule has 0 fully saturated rings. The van der Waals surface area contributed by atoms with E-state index >= 15 is 0 Å². The van der Waals surface area contributed by atoms with Gasteiger partial charge in [-0.15, -0.1) is 0 Å². The summed E-state index contributed by atoms with van der Waals surface area (Å²) in [5.41, 5.74) is 1.28. The van der Waals surface area contributed by atoms with E-state index in [1.807, 2.05) is 0 Å². The number of esters is 1. The normalized spacial score (nSPS) is 11.7. The zero-order valence-corrected chi connectivity index (χ0v) is 11.2. The average molecular weight is 301 g/mol. The van der Waals surface area contributed by atoms with E-state index in [4.69, 9.17) is 0 Å². The first kappa shape index (κ1) is 13.6. The van der Waals surface area contributed by atoms with Crippen molar-refractivity contribution >= 4 is 27.8 Å². The van der Waals surface area contributed by atoms with Gasteiger partial charge in [-0.2, -0.15) is 0 Å². The average Bonchev–Trinajstić information content (AvgIpc) is 2.34. The number of pyridine rings is 1. The van der Waals surface area contributed by atoms with Crippen LogP contribution in [0, 0.1) is 6.92 Å². The highest BCUT2D eigenvalue weighted by Crippen LogP contribution is 2.03. The molecule has 0 spiro atoms. The second-order valence-electron chi connectivity index (χ2n) is 3.39. The molecule has 1 atom stereocenters. The van der Waals surface area contributed by atoms with Crippen molar-refractivity contribution in [3.8, 4) is 0 Å². The fraction of sp³-hybridized carbons (Fsp3) is 0.364. The number of ether oxygens (including phenoxy) is 1. The Hall–Kier alpha value is -1.43. The van der Waals surface area contributed by atoms with Crippen LogP contribution < -0.4 is 5.32 Å². The van der Waals surface area contributed by atoms with Gasteiger partial charge in [0, 0.05) is 24.0 Å². The van der Waals surface area contributed by atoms with Crippen LogP contribution in [0.4, 0.5) is 0 Å². The van der Waals surface area contributed by atoms with E-state index in [1.54, 1.807) is 25.3 Å². The number of amides is 1. The molecule has 17 heavy (non-hydrogen) atoms. The number of halogens is 1. The molecule has 0 bridgehead atoms. The summed E-state index contributed by atoms with van der Waals surface area (Å²) in [6.07, 6.45) is 1.57. The van der Waals surface area contributed by atoms with Gasteiger partial charge in [-0.3, -0.25) is 14.6 Å². The van der Waals surface area contributed by atoms with Gasteiger partial charge in [0.05, 0.1) is 7.11 Å². The van der Waals surface area contributed by atoms with Gasteiger partial charge in [-0.1, -0.05) is 15.9 Å². The van der Waals surface area contributed by atoms with Crippen molar-refractivity contribution in [2.45, 2.75) is 11.8 Å². The van der Waals surface area contributed by atoms with Crippen LogP contribution in [0.25, 0.3) is 0 Å². The highest BCUT2D eigenvalue weighted by atomic mass is 79.9. The predicted octanol–water partition coefficient (Wildman–Crippen LogP) is 1.06. The molecule has 6 heteroatoms. The molecule has 0 aliphatic rings. The number of rotatable bonds is 4. The fourth-order valence-corrected chi connectivity index (χ4v) is 1.53. The van der Waals surface area contributed by atoms with Crippen molar-refractivity contribution in [3.63, 3.8) is 0 Å². The number of methoxy groups -OCH3 is 1. The molecule has 0 saturated carbocycles. The van der Waals surface area contributed by atoms with Crippen LogP contribution in [0.15, 0.2) is 18.3 Å². The minimum absolute atomic E-state index is 0.173. The minimum atomic E-state index is -0.542. The number of alkyl halides is 1. The van der Waals surface area contributed by atoms with E-state index in [1.165, 1.54) is 7.11 Å². The van der Waals surface area contributed by atoms with Crippen LogP contribution in [-0.2, 0) is 9.53 Å². The Balaban J connectivity index is 2.53. The van der Waals surface area contributed by atoms with E-state index in [9.17, 15) is 9.59 Å². The second-order valence-corrected chi connectivity index (χ2v) is 4.49. The van der Waals surface area contributed by atoms with Crippen molar-refractivity contribution in [3.05, 3.63) is 29.6 Å². The zero-order chi connectivity index (χ0) is 12.8. The lowest BCUT2D eigenvalue weighted by Gasteiger charge is -2.09. The number of aryl methyl sites for hydroxylation is 1. The summed E-state index contributed by atoms with van der Waals surface area (Å²) in [6, 6.07) is 3.29. The summed E-state index contributed by atoms with van der Waals surface area (Å²) in [4.78, 5) is 26.2. The lowest BCUT2D eigenvalue weighted by molar-refractivity contribution is -0.139. The molecule has 0 aliphatic carbocycles. The van der Waals surface area contributed by atoms with E-state index in [0.717, 1.165) is 5.69 Å². The molecule has 0 aromatic carbocycles. The maximum atomic E-state index is 11.7. The third-order valence-corrected chi connectivity index (χ3v) is 2.76. The number of hydrogen-bond donors (Lipinski definition) is 1. The Labute approximate surface area is 108 Å². The summed E-state index contributed by atoms with van der Waals surface area (Å²) in [7, 11) is 1.30. The van der Waals surface area contributed by atoms with Gasteiger partial charge < -0.3 is 10.1 Å². The maximum absolute atomic E-state index is 11.7. The van der Waals surface area contributed by atoms with Gasteiger partial charge in [0.15, 0.2) is 0 Å². The van der Waals surface area contributed by atoms with Crippen LogP contribution in [0.5, 0.6) is 0 Å². The Morgan fingerprint density at radius 1 is 1.59 bits per heavy atom. The Morgan fingerprint density at radius 3 is 2.88 bits per heavy atom. The molecule has 0 aliphatic heterocycles. The van der Waals surface area contributed by atoms with E-state index in [-0.39, 0.29) is 12.5 Å². The minimum Gasteiger partial charge on any atom is -0.468 e. The number of carbonyl (C=O) groups excluding carboxylic acids is 2. The maximum Gasteiger partial charge on any atom is 0.321 e. The molecule has 1 N–H and O–H groups in total. The quantitative estimate of drug-likeness (QED) is 0.667. The summed E-state index contributed by atoms with van der Waals surface area (Å²) in [5.74, 6) is -0.667. The Bertz CT molecular complexity index is 423. The van der Waals surface area contributed by atoms with E-state index in [0.29, 0.717) is 5.56 Å². The third kappa shape index (κ3) is 4.14. The van der Waals surface area contributed by atoms with Gasteiger partial charge in [0.1, 0.15) is 4.83 Å². The number of nitrogens with zero attached hydrogens (tertiary/aromatic N) is 1. The molecule has 1 aromatic heterocycles. The molecule has 1 rings (SSSR count). The number of aromatic nitrogens is 1. The Morgan fingerprint density at radius 2 is 2.29 bits per heavy atom. The number of nitrogens with one attached hydrogen (secondary N) is 1. The first-order valence-electron chi connectivity index (χ1n) is 4.97. The molecule has 1 aromatic rings. The summed E-state index contributed by atoms with van der Waals surface area (Å²) >= 11 is 3.12. The number of carbonyl (C=O) groups is 2. The van der Waals surface area contributed by atoms with Crippen LogP contribution in [-0.4, -0.2) is 35.3 Å². The summed E-state index contributed by atoms with van der Waals surface area (Å²) in [5, 5.41) is 2.63. The standard InChI is InChI=1S/C11H13BrN2O3/c1-7-5-8(3-4-13-7)10(15)14-6-9(12)11(16)17-2/h3-5,9H,6H2,1-2H3,(H,14,15). The van der Waals surface area contributed by atoms with Crippen molar-refractivity contribution in [2.24, 2.45) is 0 Å². The van der Waals surface area contributed by atoms with Crippen LogP contribution in [0.3, 0.4) is 0 Å². The largest absolute Gasteiger partial charge is 0.468 e. The Kier molecular flexibility index (Phi) is 5.09. The van der Waals surface area contributed by atoms with Crippen molar-refractivity contribution < 1.29 is 14.3 Å². The second kappa shape index (κ2) is 6.34. The smallest absolute Gasteiger partial charge is 0.321 e. The van der Waals surface area contributed by atoms with Crippen molar-refractivity contribution in [1.82, 2.24) is 10.3 Å². The first-order chi connectivity index (χ1) is 8.04. The van der Waals surface area contributed by atoms with Crippen LogP contribution >= 0.6 is 15.9 Å². The first-order valence-corrected chi connectivity index (χ1v) is 5.89. The van der Waals surface area contributed by atoms with Gasteiger partial charge in [0.2, 0.25) is 0 Å². The molecule has 5 nitrogen and oxygen atoms in total. The van der Waals surface area contributed by atoms with Gasteiger partial charge >= 0.3 is 5.97 Å². The fourth-order valence-electron chi connectivity index (χ4n) is 1.18. The molecule has 1 unspecified atom stereocenters. The summed E-state index contributed by atoms with van der Waals surface area (Å²) in [6.45, 7) is 1.98.